The second kappa shape index (κ2) is 4.15. The molecule has 1 aromatic rings. The average molecular weight is 233 g/mol. The Bertz CT molecular complexity index is 452. The van der Waals surface area contributed by atoms with Crippen LogP contribution in [0, 0.1) is 18.3 Å². The van der Waals surface area contributed by atoms with Crippen molar-refractivity contribution in [1.29, 1.82) is 0 Å². The first-order valence-corrected chi connectivity index (χ1v) is 5.95. The third-order valence-corrected chi connectivity index (χ3v) is 3.57. The number of hydrogen-bond acceptors (Lipinski definition) is 2. The van der Waals surface area contributed by atoms with Gasteiger partial charge in [0.2, 0.25) is 5.91 Å². The molecule has 1 saturated carbocycles. The zero-order chi connectivity index (χ0) is 12.6. The van der Waals surface area contributed by atoms with Gasteiger partial charge in [-0.2, -0.15) is 0 Å². The Morgan fingerprint density at radius 3 is 2.71 bits per heavy atom. The summed E-state index contributed by atoms with van der Waals surface area (Å²) in [6, 6.07) is 5.62. The zero-order valence-electron chi connectivity index (χ0n) is 10.6. The van der Waals surface area contributed by atoms with E-state index in [4.69, 9.17) is 5.11 Å². The maximum Gasteiger partial charge on any atom is 0.228 e. The normalized spacial score (nSPS) is 21.1. The zero-order valence-corrected chi connectivity index (χ0v) is 10.6. The predicted molar refractivity (Wildman–Crippen MR) is 67.6 cm³/mol. The Morgan fingerprint density at radius 2 is 2.18 bits per heavy atom. The van der Waals surface area contributed by atoms with E-state index in [-0.39, 0.29) is 23.8 Å². The number of amides is 1. The van der Waals surface area contributed by atoms with Crippen LogP contribution in [-0.2, 0) is 11.4 Å². The number of aliphatic hydroxyl groups excluding tert-OH is 1. The van der Waals surface area contributed by atoms with E-state index >= 15 is 0 Å². The van der Waals surface area contributed by atoms with Crippen molar-refractivity contribution < 1.29 is 9.90 Å². The van der Waals surface area contributed by atoms with Crippen LogP contribution < -0.4 is 5.32 Å². The molecular formula is C14H19NO2. The molecule has 2 N–H and O–H groups in total. The molecule has 0 aromatic heterocycles. The molecule has 1 unspecified atom stereocenters. The highest BCUT2D eigenvalue weighted by atomic mass is 16.3. The first kappa shape index (κ1) is 12.1. The Hall–Kier alpha value is -1.35. The van der Waals surface area contributed by atoms with Crippen molar-refractivity contribution in [2.75, 3.05) is 5.32 Å². The average Bonchev–Trinajstić information content (AvgIpc) is 2.91. The summed E-state index contributed by atoms with van der Waals surface area (Å²) in [5.74, 6) is 0.216. The predicted octanol–water partition coefficient (Wildman–Crippen LogP) is 2.47. The summed E-state index contributed by atoms with van der Waals surface area (Å²) < 4.78 is 0. The molecule has 0 heterocycles. The summed E-state index contributed by atoms with van der Waals surface area (Å²) in [6.07, 6.45) is 0.956. The van der Waals surface area contributed by atoms with Crippen molar-refractivity contribution in [3.63, 3.8) is 0 Å². The Balaban J connectivity index is 2.11. The number of carbonyl (C=O) groups is 1. The van der Waals surface area contributed by atoms with Crippen molar-refractivity contribution in [3.8, 4) is 0 Å². The number of benzene rings is 1. The van der Waals surface area contributed by atoms with Crippen LogP contribution in [0.25, 0.3) is 0 Å². The molecule has 3 heteroatoms. The summed E-state index contributed by atoms with van der Waals surface area (Å²) >= 11 is 0. The van der Waals surface area contributed by atoms with Gasteiger partial charge in [-0.05, 0) is 36.0 Å². The third kappa shape index (κ3) is 2.50. The van der Waals surface area contributed by atoms with Crippen molar-refractivity contribution in [2.24, 2.45) is 11.3 Å². The molecule has 0 bridgehead atoms. The number of anilines is 1. The fourth-order valence-electron chi connectivity index (χ4n) is 2.04. The van der Waals surface area contributed by atoms with Gasteiger partial charge in [-0.3, -0.25) is 4.79 Å². The molecule has 2 rings (SSSR count). The van der Waals surface area contributed by atoms with Gasteiger partial charge in [0.1, 0.15) is 0 Å². The lowest BCUT2D eigenvalue weighted by Gasteiger charge is -2.10. The highest BCUT2D eigenvalue weighted by Gasteiger charge is 2.50. The van der Waals surface area contributed by atoms with E-state index in [0.717, 1.165) is 23.2 Å². The fraction of sp³-hybridized carbons (Fsp3) is 0.500. The van der Waals surface area contributed by atoms with E-state index in [2.05, 4.69) is 19.2 Å². The van der Waals surface area contributed by atoms with Crippen LogP contribution in [0.2, 0.25) is 0 Å². The lowest BCUT2D eigenvalue weighted by Crippen LogP contribution is -2.17. The van der Waals surface area contributed by atoms with Gasteiger partial charge in [-0.1, -0.05) is 26.0 Å². The number of nitrogens with one attached hydrogen (secondary N) is 1. The van der Waals surface area contributed by atoms with Crippen molar-refractivity contribution >= 4 is 11.6 Å². The van der Waals surface area contributed by atoms with E-state index < -0.39 is 0 Å². The molecular weight excluding hydrogens is 214 g/mol. The van der Waals surface area contributed by atoms with Crippen LogP contribution in [-0.4, -0.2) is 11.0 Å². The van der Waals surface area contributed by atoms with Gasteiger partial charge in [-0.15, -0.1) is 0 Å². The van der Waals surface area contributed by atoms with Gasteiger partial charge >= 0.3 is 0 Å². The van der Waals surface area contributed by atoms with Crippen molar-refractivity contribution in [3.05, 3.63) is 29.3 Å². The minimum absolute atomic E-state index is 0.00191. The van der Waals surface area contributed by atoms with Crippen LogP contribution in [0.5, 0.6) is 0 Å². The van der Waals surface area contributed by atoms with Crippen molar-refractivity contribution in [1.82, 2.24) is 0 Å². The SMILES string of the molecule is Cc1ccc(CO)cc1NC(=O)C1CC1(C)C. The Kier molecular flexibility index (Phi) is 2.96. The van der Waals surface area contributed by atoms with E-state index in [9.17, 15) is 4.79 Å². The molecule has 1 amide bonds. The summed E-state index contributed by atoms with van der Waals surface area (Å²) in [4.78, 5) is 12.0. The van der Waals surface area contributed by atoms with E-state index in [1.807, 2.05) is 25.1 Å². The fourth-order valence-corrected chi connectivity index (χ4v) is 2.04. The van der Waals surface area contributed by atoms with Crippen LogP contribution in [0.1, 0.15) is 31.4 Å². The molecule has 1 aromatic carbocycles. The van der Waals surface area contributed by atoms with Crippen LogP contribution in [0.4, 0.5) is 5.69 Å². The lowest BCUT2D eigenvalue weighted by atomic mass is 10.1. The molecule has 1 atom stereocenters. The molecule has 0 aliphatic heterocycles. The summed E-state index contributed by atoms with van der Waals surface area (Å²) in [5, 5.41) is 12.0. The molecule has 0 radical (unpaired) electrons. The van der Waals surface area contributed by atoms with Gasteiger partial charge < -0.3 is 10.4 Å². The van der Waals surface area contributed by atoms with E-state index in [0.29, 0.717) is 0 Å². The second-order valence-corrected chi connectivity index (χ2v) is 5.54. The van der Waals surface area contributed by atoms with Gasteiger partial charge in [0.25, 0.3) is 0 Å². The number of rotatable bonds is 3. The summed E-state index contributed by atoms with van der Waals surface area (Å²) in [6.45, 7) is 6.16. The number of carbonyl (C=O) groups excluding carboxylic acids is 1. The van der Waals surface area contributed by atoms with Gasteiger partial charge in [0.05, 0.1) is 6.61 Å². The second-order valence-electron chi connectivity index (χ2n) is 5.54. The maximum absolute atomic E-state index is 12.0. The number of aliphatic hydroxyl groups is 1. The quantitative estimate of drug-likeness (QED) is 0.842. The Labute approximate surface area is 102 Å². The van der Waals surface area contributed by atoms with Gasteiger partial charge in [0, 0.05) is 11.6 Å². The minimum Gasteiger partial charge on any atom is -0.392 e. The molecule has 17 heavy (non-hydrogen) atoms. The third-order valence-electron chi connectivity index (χ3n) is 3.57. The maximum atomic E-state index is 12.0. The summed E-state index contributed by atoms with van der Waals surface area (Å²) in [7, 11) is 0. The minimum atomic E-state index is -0.00191. The summed E-state index contributed by atoms with van der Waals surface area (Å²) in [5.41, 5.74) is 2.80. The first-order chi connectivity index (χ1) is 7.94. The molecule has 3 nitrogen and oxygen atoms in total. The first-order valence-electron chi connectivity index (χ1n) is 5.95. The molecule has 1 fully saturated rings. The molecule has 92 valence electrons. The Morgan fingerprint density at radius 1 is 1.53 bits per heavy atom. The molecule has 1 aliphatic carbocycles. The van der Waals surface area contributed by atoms with Gasteiger partial charge in [0.15, 0.2) is 0 Å². The molecule has 0 saturated heterocycles. The van der Waals surface area contributed by atoms with Gasteiger partial charge in [-0.25, -0.2) is 0 Å². The lowest BCUT2D eigenvalue weighted by molar-refractivity contribution is -0.118. The number of hydrogen-bond donors (Lipinski definition) is 2. The smallest absolute Gasteiger partial charge is 0.228 e. The standard InChI is InChI=1S/C14H19NO2/c1-9-4-5-10(8-16)6-12(9)15-13(17)11-7-14(11,2)3/h4-6,11,16H,7-8H2,1-3H3,(H,15,17). The molecule has 1 aliphatic rings. The highest BCUT2D eigenvalue weighted by Crippen LogP contribution is 2.52. The van der Waals surface area contributed by atoms with Crippen molar-refractivity contribution in [2.45, 2.75) is 33.8 Å². The largest absolute Gasteiger partial charge is 0.392 e. The number of aryl methyl sites for hydroxylation is 1. The monoisotopic (exact) mass is 233 g/mol. The van der Waals surface area contributed by atoms with Crippen LogP contribution in [0.15, 0.2) is 18.2 Å². The van der Waals surface area contributed by atoms with E-state index in [1.165, 1.54) is 0 Å². The van der Waals surface area contributed by atoms with Crippen LogP contribution in [0.3, 0.4) is 0 Å². The van der Waals surface area contributed by atoms with E-state index in [1.54, 1.807) is 0 Å². The van der Waals surface area contributed by atoms with Crippen LogP contribution >= 0.6 is 0 Å². The highest BCUT2D eigenvalue weighted by molar-refractivity contribution is 5.95. The topological polar surface area (TPSA) is 49.3 Å². The molecule has 0 spiro atoms.